The first-order chi connectivity index (χ1) is 7.81. The largest absolute Gasteiger partial charge is 0.316 e. The van der Waals surface area contributed by atoms with Gasteiger partial charge in [-0.25, -0.2) is 0 Å². The van der Waals surface area contributed by atoms with Gasteiger partial charge in [-0.05, 0) is 54.5 Å². The van der Waals surface area contributed by atoms with E-state index in [-0.39, 0.29) is 0 Å². The van der Waals surface area contributed by atoms with Crippen molar-refractivity contribution in [1.82, 2.24) is 5.32 Å². The minimum Gasteiger partial charge on any atom is -0.316 e. The fraction of sp³-hybridized carbons (Fsp3) is 0.571. The Bertz CT molecular complexity index is 367. The van der Waals surface area contributed by atoms with Gasteiger partial charge in [-0.3, -0.25) is 0 Å². The molecule has 1 unspecified atom stereocenters. The average Bonchev–Trinajstić information content (AvgIpc) is 2.74. The molecule has 1 aliphatic carbocycles. The van der Waals surface area contributed by atoms with Gasteiger partial charge in [0.05, 0.1) is 0 Å². The number of nitrogens with one attached hydrogen (secondary N) is 1. The van der Waals surface area contributed by atoms with Crippen LogP contribution in [0.5, 0.6) is 0 Å². The van der Waals surface area contributed by atoms with Crippen molar-refractivity contribution in [3.8, 4) is 0 Å². The van der Waals surface area contributed by atoms with Crippen LogP contribution < -0.4 is 5.32 Å². The molecule has 1 atom stereocenters. The van der Waals surface area contributed by atoms with E-state index in [1.54, 1.807) is 5.56 Å². The Morgan fingerprint density at radius 1 is 1.25 bits per heavy atom. The fourth-order valence-corrected chi connectivity index (χ4v) is 3.58. The predicted molar refractivity (Wildman–Crippen MR) is 70.1 cm³/mol. The Morgan fingerprint density at radius 3 is 2.50 bits per heavy atom. The molecule has 3 rings (SSSR count). The Labute approximate surface area is 102 Å². The van der Waals surface area contributed by atoms with Crippen molar-refractivity contribution in [2.24, 2.45) is 5.41 Å². The summed E-state index contributed by atoms with van der Waals surface area (Å²) in [6.07, 6.45) is 6.35. The Hall–Kier alpha value is -0.470. The van der Waals surface area contributed by atoms with Gasteiger partial charge in [0.2, 0.25) is 0 Å². The molecule has 1 saturated heterocycles. The first kappa shape index (κ1) is 10.7. The molecule has 0 bridgehead atoms. The normalized spacial score (nSPS) is 26.9. The van der Waals surface area contributed by atoms with Crippen molar-refractivity contribution in [1.29, 1.82) is 0 Å². The lowest BCUT2D eigenvalue weighted by Gasteiger charge is -2.39. The Balaban J connectivity index is 1.73. The maximum atomic E-state index is 3.43. The summed E-state index contributed by atoms with van der Waals surface area (Å²) in [6, 6.07) is 9.21. The van der Waals surface area contributed by atoms with E-state index in [4.69, 9.17) is 0 Å². The highest BCUT2D eigenvalue weighted by atomic mass is 32.2. The van der Waals surface area contributed by atoms with Gasteiger partial charge in [-0.15, -0.1) is 11.8 Å². The third-order valence-electron chi connectivity index (χ3n) is 4.29. The smallest absolute Gasteiger partial charge is 0.00693 e. The molecule has 1 saturated carbocycles. The molecule has 1 nitrogen and oxygen atoms in total. The molecule has 0 radical (unpaired) electrons. The van der Waals surface area contributed by atoms with E-state index in [2.05, 4.69) is 35.8 Å². The summed E-state index contributed by atoms with van der Waals surface area (Å²) in [5.74, 6) is 0.818. The van der Waals surface area contributed by atoms with E-state index in [1.165, 1.54) is 37.2 Å². The van der Waals surface area contributed by atoms with E-state index >= 15 is 0 Å². The van der Waals surface area contributed by atoms with E-state index in [9.17, 15) is 0 Å². The molecule has 1 N–H and O–H groups in total. The molecule has 1 aliphatic heterocycles. The molecule has 0 amide bonds. The average molecular weight is 233 g/mol. The molecule has 2 aliphatic rings. The van der Waals surface area contributed by atoms with Crippen molar-refractivity contribution >= 4 is 11.8 Å². The summed E-state index contributed by atoms with van der Waals surface area (Å²) in [6.45, 7) is 2.51. The molecule has 1 spiro atoms. The standard InChI is InChI=1S/C14H19NS/c1-16-13-4-2-11(3-5-13)12-6-7-14(8-12)9-15-10-14/h2-5,12,15H,6-10H2,1H3. The van der Waals surface area contributed by atoms with Gasteiger partial charge < -0.3 is 5.32 Å². The second kappa shape index (κ2) is 4.08. The lowest BCUT2D eigenvalue weighted by molar-refractivity contribution is 0.175. The van der Waals surface area contributed by atoms with Gasteiger partial charge in [0, 0.05) is 18.0 Å². The summed E-state index contributed by atoms with van der Waals surface area (Å²) in [5, 5.41) is 3.43. The third-order valence-corrected chi connectivity index (χ3v) is 5.03. The summed E-state index contributed by atoms with van der Waals surface area (Å²) < 4.78 is 0. The lowest BCUT2D eigenvalue weighted by atomic mass is 9.79. The first-order valence-corrected chi connectivity index (χ1v) is 7.38. The molecule has 2 fully saturated rings. The number of hydrogen-bond donors (Lipinski definition) is 1. The fourth-order valence-electron chi connectivity index (χ4n) is 3.17. The van der Waals surface area contributed by atoms with Crippen molar-refractivity contribution < 1.29 is 0 Å². The Kier molecular flexibility index (Phi) is 2.72. The van der Waals surface area contributed by atoms with Gasteiger partial charge in [-0.1, -0.05) is 12.1 Å². The van der Waals surface area contributed by atoms with E-state index in [0.29, 0.717) is 5.41 Å². The van der Waals surface area contributed by atoms with Gasteiger partial charge in [-0.2, -0.15) is 0 Å². The van der Waals surface area contributed by atoms with E-state index in [0.717, 1.165) is 5.92 Å². The monoisotopic (exact) mass is 233 g/mol. The second-order valence-corrected chi connectivity index (χ2v) is 6.20. The zero-order valence-electron chi connectivity index (χ0n) is 9.83. The molecular formula is C14H19NS. The van der Waals surface area contributed by atoms with Crippen molar-refractivity contribution in [3.05, 3.63) is 29.8 Å². The Morgan fingerprint density at radius 2 is 2.00 bits per heavy atom. The summed E-state index contributed by atoms with van der Waals surface area (Å²) in [4.78, 5) is 1.38. The number of hydrogen-bond acceptors (Lipinski definition) is 2. The quantitative estimate of drug-likeness (QED) is 0.787. The second-order valence-electron chi connectivity index (χ2n) is 5.32. The maximum Gasteiger partial charge on any atom is 0.00693 e. The van der Waals surface area contributed by atoms with Crippen LogP contribution in [0, 0.1) is 5.41 Å². The van der Waals surface area contributed by atoms with Crippen molar-refractivity contribution in [2.75, 3.05) is 19.3 Å². The van der Waals surface area contributed by atoms with Crippen LogP contribution in [0.4, 0.5) is 0 Å². The van der Waals surface area contributed by atoms with Crippen LogP contribution >= 0.6 is 11.8 Å². The van der Waals surface area contributed by atoms with Crippen LogP contribution in [0.1, 0.15) is 30.7 Å². The number of rotatable bonds is 2. The highest BCUT2D eigenvalue weighted by Gasteiger charge is 2.43. The zero-order valence-corrected chi connectivity index (χ0v) is 10.6. The minimum atomic E-state index is 0.669. The molecule has 1 heterocycles. The predicted octanol–water partition coefficient (Wildman–Crippen LogP) is 3.27. The molecule has 86 valence electrons. The highest BCUT2D eigenvalue weighted by Crippen LogP contribution is 2.48. The lowest BCUT2D eigenvalue weighted by Crippen LogP contribution is -2.51. The van der Waals surface area contributed by atoms with E-state index in [1.807, 2.05) is 11.8 Å². The van der Waals surface area contributed by atoms with Crippen LogP contribution in [-0.2, 0) is 0 Å². The maximum absolute atomic E-state index is 3.43. The first-order valence-electron chi connectivity index (χ1n) is 6.16. The topological polar surface area (TPSA) is 12.0 Å². The van der Waals surface area contributed by atoms with Gasteiger partial charge >= 0.3 is 0 Å². The van der Waals surface area contributed by atoms with Crippen LogP contribution in [-0.4, -0.2) is 19.3 Å². The number of thioether (sulfide) groups is 1. The van der Waals surface area contributed by atoms with Gasteiger partial charge in [0.15, 0.2) is 0 Å². The van der Waals surface area contributed by atoms with E-state index < -0.39 is 0 Å². The summed E-state index contributed by atoms with van der Waals surface area (Å²) >= 11 is 1.83. The summed E-state index contributed by atoms with van der Waals surface area (Å²) in [7, 11) is 0. The molecule has 1 aromatic carbocycles. The zero-order chi connectivity index (χ0) is 11.0. The van der Waals surface area contributed by atoms with Crippen LogP contribution in [0.15, 0.2) is 29.2 Å². The van der Waals surface area contributed by atoms with Crippen LogP contribution in [0.25, 0.3) is 0 Å². The minimum absolute atomic E-state index is 0.669. The van der Waals surface area contributed by atoms with Gasteiger partial charge in [0.1, 0.15) is 0 Å². The van der Waals surface area contributed by atoms with Crippen molar-refractivity contribution in [2.45, 2.75) is 30.1 Å². The molecule has 16 heavy (non-hydrogen) atoms. The molecule has 2 heteroatoms. The molecule has 1 aromatic rings. The molecule has 0 aromatic heterocycles. The summed E-state index contributed by atoms with van der Waals surface area (Å²) in [5.41, 5.74) is 2.23. The SMILES string of the molecule is CSc1ccc(C2CCC3(CNC3)C2)cc1. The van der Waals surface area contributed by atoms with Gasteiger partial charge in [0.25, 0.3) is 0 Å². The third kappa shape index (κ3) is 1.78. The van der Waals surface area contributed by atoms with Crippen molar-refractivity contribution in [3.63, 3.8) is 0 Å². The van der Waals surface area contributed by atoms with Crippen LogP contribution in [0.2, 0.25) is 0 Å². The number of benzene rings is 1. The molecular weight excluding hydrogens is 214 g/mol. The van der Waals surface area contributed by atoms with Crippen LogP contribution in [0.3, 0.4) is 0 Å². The highest BCUT2D eigenvalue weighted by molar-refractivity contribution is 7.98.